The SMILES string of the molecule is C[C@@H]1CCC2[C@](C)(COC(=O)c3ccccc3)[C@@H](OC(=O)c3ccccc3)CC[C@]2(C)[C@@]12CC1(COC(=O)C1)CO2. The lowest BCUT2D eigenvalue weighted by molar-refractivity contribution is -0.242. The molecule has 2 aliphatic carbocycles. The third-order valence-electron chi connectivity index (χ3n) is 11.0. The van der Waals surface area contributed by atoms with Gasteiger partial charge >= 0.3 is 17.9 Å². The summed E-state index contributed by atoms with van der Waals surface area (Å²) in [5.74, 6) is -0.547. The number of hydrogen-bond acceptors (Lipinski definition) is 7. The quantitative estimate of drug-likeness (QED) is 0.327. The Bertz CT molecular complexity index is 1310. The van der Waals surface area contributed by atoms with Gasteiger partial charge in [0.2, 0.25) is 0 Å². The van der Waals surface area contributed by atoms with Crippen LogP contribution in [0.5, 0.6) is 0 Å². The van der Waals surface area contributed by atoms with Crippen molar-refractivity contribution in [3.63, 3.8) is 0 Å². The Morgan fingerprint density at radius 1 is 0.902 bits per heavy atom. The van der Waals surface area contributed by atoms with Gasteiger partial charge in [0.1, 0.15) is 12.7 Å². The standard InChI is InChI=1S/C34H40O7/c1-23-14-15-26-31(2,20-39-29(36)24-10-6-4-7-11-24)27(41-30(37)25-12-8-5-9-13-25)16-17-32(26,3)34(23)19-33(22-40-34)18-28(35)38-21-33/h4-13,23,26-27H,14-22H2,1-3H3/t23-,26?,27+,31+,32+,33?,34-/m1/s1. The van der Waals surface area contributed by atoms with E-state index in [1.165, 1.54) is 0 Å². The number of rotatable bonds is 5. The Morgan fingerprint density at radius 2 is 1.56 bits per heavy atom. The van der Waals surface area contributed by atoms with Crippen molar-refractivity contribution in [2.45, 2.75) is 71.0 Å². The van der Waals surface area contributed by atoms with Crippen molar-refractivity contribution in [2.24, 2.45) is 28.1 Å². The Balaban J connectivity index is 1.33. The lowest BCUT2D eigenvalue weighted by atomic mass is 9.43. The summed E-state index contributed by atoms with van der Waals surface area (Å²) in [6, 6.07) is 18.0. The van der Waals surface area contributed by atoms with Gasteiger partial charge in [-0.05, 0) is 68.2 Å². The van der Waals surface area contributed by atoms with Crippen LogP contribution in [0, 0.1) is 28.1 Å². The van der Waals surface area contributed by atoms with Crippen LogP contribution in [0.2, 0.25) is 0 Å². The van der Waals surface area contributed by atoms with Crippen LogP contribution >= 0.6 is 0 Å². The molecule has 6 rings (SSSR count). The van der Waals surface area contributed by atoms with Gasteiger partial charge in [-0.3, -0.25) is 4.79 Å². The number of benzene rings is 2. The molecule has 0 amide bonds. The maximum Gasteiger partial charge on any atom is 0.338 e. The second-order valence-electron chi connectivity index (χ2n) is 13.4. The molecule has 41 heavy (non-hydrogen) atoms. The summed E-state index contributed by atoms with van der Waals surface area (Å²) in [4.78, 5) is 38.6. The number of hydrogen-bond donors (Lipinski definition) is 0. The van der Waals surface area contributed by atoms with Gasteiger partial charge in [-0.2, -0.15) is 0 Å². The molecule has 2 saturated carbocycles. The number of ether oxygens (including phenoxy) is 4. The molecule has 4 aliphatic rings. The van der Waals surface area contributed by atoms with Crippen molar-refractivity contribution < 1.29 is 33.3 Å². The highest BCUT2D eigenvalue weighted by molar-refractivity contribution is 5.90. The third kappa shape index (κ3) is 4.57. The molecule has 218 valence electrons. The molecular weight excluding hydrogens is 520 g/mol. The van der Waals surface area contributed by atoms with E-state index in [0.717, 1.165) is 25.7 Å². The molecule has 2 unspecified atom stereocenters. The van der Waals surface area contributed by atoms with Crippen LogP contribution in [0.4, 0.5) is 0 Å². The zero-order valence-corrected chi connectivity index (χ0v) is 24.2. The van der Waals surface area contributed by atoms with Crippen LogP contribution in [0.25, 0.3) is 0 Å². The number of cyclic esters (lactones) is 1. The Kier molecular flexibility index (Phi) is 7.00. The van der Waals surface area contributed by atoms with Gasteiger partial charge in [-0.1, -0.05) is 57.2 Å². The summed E-state index contributed by atoms with van der Waals surface area (Å²) < 4.78 is 24.6. The van der Waals surface area contributed by atoms with E-state index in [4.69, 9.17) is 18.9 Å². The molecule has 7 heteroatoms. The molecule has 2 aliphatic heterocycles. The highest BCUT2D eigenvalue weighted by Crippen LogP contribution is 2.69. The molecule has 7 atom stereocenters. The van der Waals surface area contributed by atoms with Crippen LogP contribution in [0.15, 0.2) is 60.7 Å². The lowest BCUT2D eigenvalue weighted by Gasteiger charge is -2.65. The predicted octanol–water partition coefficient (Wildman–Crippen LogP) is 6.01. The molecule has 2 spiro atoms. The zero-order chi connectivity index (χ0) is 28.9. The average molecular weight is 561 g/mol. The van der Waals surface area contributed by atoms with Gasteiger partial charge in [0.25, 0.3) is 0 Å². The van der Waals surface area contributed by atoms with E-state index < -0.39 is 17.1 Å². The monoisotopic (exact) mass is 560 g/mol. The van der Waals surface area contributed by atoms with Crippen molar-refractivity contribution in [3.8, 4) is 0 Å². The highest BCUT2D eigenvalue weighted by atomic mass is 16.6. The van der Waals surface area contributed by atoms with Gasteiger partial charge in [0, 0.05) is 16.2 Å². The van der Waals surface area contributed by atoms with E-state index in [1.807, 2.05) is 36.4 Å². The van der Waals surface area contributed by atoms with Gasteiger partial charge in [-0.15, -0.1) is 0 Å². The van der Waals surface area contributed by atoms with E-state index >= 15 is 0 Å². The molecule has 2 heterocycles. The summed E-state index contributed by atoms with van der Waals surface area (Å²) in [6.45, 7) is 7.75. The molecule has 7 nitrogen and oxygen atoms in total. The minimum absolute atomic E-state index is 0.0604. The van der Waals surface area contributed by atoms with E-state index in [0.29, 0.717) is 43.1 Å². The maximum absolute atomic E-state index is 13.3. The Labute approximate surface area is 241 Å². The van der Waals surface area contributed by atoms with Crippen LogP contribution in [-0.2, 0) is 23.7 Å². The fraction of sp³-hybridized carbons (Fsp3) is 0.559. The molecule has 4 fully saturated rings. The van der Waals surface area contributed by atoms with Crippen molar-refractivity contribution >= 4 is 17.9 Å². The molecule has 0 radical (unpaired) electrons. The van der Waals surface area contributed by atoms with Crippen LogP contribution < -0.4 is 0 Å². The van der Waals surface area contributed by atoms with E-state index in [2.05, 4.69) is 20.8 Å². The number of esters is 3. The molecule has 2 saturated heterocycles. The molecular formula is C34H40O7. The van der Waals surface area contributed by atoms with E-state index in [1.54, 1.807) is 24.3 Å². The lowest BCUT2D eigenvalue weighted by Crippen LogP contribution is -2.66. The largest absolute Gasteiger partial charge is 0.465 e. The zero-order valence-electron chi connectivity index (χ0n) is 24.2. The first kappa shape index (κ1) is 28.0. The first-order chi connectivity index (χ1) is 19.6. The summed E-state index contributed by atoms with van der Waals surface area (Å²) >= 11 is 0. The predicted molar refractivity (Wildman–Crippen MR) is 151 cm³/mol. The second kappa shape index (κ2) is 10.3. The fourth-order valence-corrected chi connectivity index (χ4v) is 8.76. The van der Waals surface area contributed by atoms with Crippen molar-refractivity contribution in [1.29, 1.82) is 0 Å². The molecule has 2 aromatic carbocycles. The summed E-state index contributed by atoms with van der Waals surface area (Å²) in [5, 5.41) is 0. The van der Waals surface area contributed by atoms with Crippen LogP contribution in [-0.4, -0.2) is 49.4 Å². The summed E-state index contributed by atoms with van der Waals surface area (Å²) in [6.07, 6.45) is 4.01. The normalized spacial score (nSPS) is 37.9. The van der Waals surface area contributed by atoms with Crippen molar-refractivity contribution in [1.82, 2.24) is 0 Å². The number of carbonyl (C=O) groups excluding carboxylic acids is 3. The second-order valence-corrected chi connectivity index (χ2v) is 13.4. The first-order valence-electron chi connectivity index (χ1n) is 14.9. The average Bonchev–Trinajstić information content (AvgIpc) is 3.55. The number of fused-ring (bicyclic) bond motifs is 2. The minimum atomic E-state index is -0.643. The Morgan fingerprint density at radius 3 is 2.20 bits per heavy atom. The van der Waals surface area contributed by atoms with Crippen molar-refractivity contribution in [3.05, 3.63) is 71.8 Å². The maximum atomic E-state index is 13.3. The summed E-state index contributed by atoms with van der Waals surface area (Å²) in [7, 11) is 0. The molecule has 0 aromatic heterocycles. The molecule has 0 bridgehead atoms. The Hall–Kier alpha value is -3.19. The third-order valence-corrected chi connectivity index (χ3v) is 11.0. The molecule has 2 aromatic rings. The highest BCUT2D eigenvalue weighted by Gasteiger charge is 2.70. The fourth-order valence-electron chi connectivity index (χ4n) is 8.76. The smallest absolute Gasteiger partial charge is 0.338 e. The van der Waals surface area contributed by atoms with Crippen LogP contribution in [0.1, 0.15) is 80.0 Å². The van der Waals surface area contributed by atoms with Crippen LogP contribution in [0.3, 0.4) is 0 Å². The molecule has 0 N–H and O–H groups in total. The van der Waals surface area contributed by atoms with Crippen molar-refractivity contribution in [2.75, 3.05) is 19.8 Å². The van der Waals surface area contributed by atoms with Gasteiger partial charge in [-0.25, -0.2) is 9.59 Å². The van der Waals surface area contributed by atoms with Gasteiger partial charge in [0.05, 0.1) is 36.4 Å². The number of carbonyl (C=O) groups is 3. The topological polar surface area (TPSA) is 88.1 Å². The first-order valence-corrected chi connectivity index (χ1v) is 14.9. The van der Waals surface area contributed by atoms with E-state index in [-0.39, 0.29) is 41.3 Å². The van der Waals surface area contributed by atoms with E-state index in [9.17, 15) is 14.4 Å². The van der Waals surface area contributed by atoms with Gasteiger partial charge in [0.15, 0.2) is 0 Å². The minimum Gasteiger partial charge on any atom is -0.465 e. The van der Waals surface area contributed by atoms with Gasteiger partial charge < -0.3 is 18.9 Å². The summed E-state index contributed by atoms with van der Waals surface area (Å²) in [5.41, 5.74) is -0.649.